The van der Waals surface area contributed by atoms with Gasteiger partial charge in [0.15, 0.2) is 0 Å². The molecule has 92 valence electrons. The van der Waals surface area contributed by atoms with Crippen LogP contribution in [0.15, 0.2) is 54.6 Å². The lowest BCUT2D eigenvalue weighted by atomic mass is 9.95. The van der Waals surface area contributed by atoms with Crippen molar-refractivity contribution in [1.82, 2.24) is 0 Å². The number of benzene rings is 2. The lowest BCUT2D eigenvalue weighted by Crippen LogP contribution is -2.27. The number of aliphatic hydroxyl groups excluding tert-OH is 1. The van der Waals surface area contributed by atoms with Crippen molar-refractivity contribution in [3.05, 3.63) is 65.7 Å². The topological polar surface area (TPSA) is 29.5 Å². The van der Waals surface area contributed by atoms with Gasteiger partial charge >= 0.3 is 0 Å². The zero-order valence-corrected chi connectivity index (χ0v) is 10.1. The molecule has 1 aliphatic heterocycles. The van der Waals surface area contributed by atoms with Gasteiger partial charge in [0.05, 0.1) is 6.10 Å². The lowest BCUT2D eigenvalue weighted by Gasteiger charge is -2.29. The van der Waals surface area contributed by atoms with E-state index in [1.807, 2.05) is 42.5 Å². The van der Waals surface area contributed by atoms with E-state index in [1.54, 1.807) is 0 Å². The zero-order valence-electron chi connectivity index (χ0n) is 10.1. The molecule has 3 rings (SSSR count). The van der Waals surface area contributed by atoms with Gasteiger partial charge in [-0.2, -0.15) is 0 Å². The Kier molecular flexibility index (Phi) is 3.03. The maximum Gasteiger partial charge on any atom is 0.125 e. The molecule has 0 saturated carbocycles. The summed E-state index contributed by atoms with van der Waals surface area (Å²) in [6, 6.07) is 18.0. The second-order valence-electron chi connectivity index (χ2n) is 4.72. The smallest absolute Gasteiger partial charge is 0.125 e. The molecule has 2 nitrogen and oxygen atoms in total. The van der Waals surface area contributed by atoms with E-state index in [1.165, 1.54) is 5.56 Å². The van der Waals surface area contributed by atoms with Gasteiger partial charge in [-0.25, -0.2) is 0 Å². The van der Waals surface area contributed by atoms with Crippen LogP contribution in [0.5, 0.6) is 5.75 Å². The highest BCUT2D eigenvalue weighted by Gasteiger charge is 2.26. The molecule has 18 heavy (non-hydrogen) atoms. The molecule has 0 amide bonds. The molecular weight excluding hydrogens is 224 g/mol. The summed E-state index contributed by atoms with van der Waals surface area (Å²) >= 11 is 0. The Bertz CT molecular complexity index is 522. The van der Waals surface area contributed by atoms with Crippen LogP contribution in [0.25, 0.3) is 0 Å². The molecule has 1 heterocycles. The quantitative estimate of drug-likeness (QED) is 0.874. The van der Waals surface area contributed by atoms with Crippen LogP contribution >= 0.6 is 0 Å². The molecule has 0 aliphatic carbocycles. The Morgan fingerprint density at radius 3 is 2.56 bits per heavy atom. The number of rotatable bonds is 2. The van der Waals surface area contributed by atoms with E-state index in [9.17, 15) is 5.11 Å². The van der Waals surface area contributed by atoms with Crippen molar-refractivity contribution in [2.45, 2.75) is 25.0 Å². The second-order valence-corrected chi connectivity index (χ2v) is 4.72. The van der Waals surface area contributed by atoms with Gasteiger partial charge in [-0.3, -0.25) is 0 Å². The number of para-hydroxylation sites is 1. The van der Waals surface area contributed by atoms with E-state index in [0.717, 1.165) is 17.7 Å². The van der Waals surface area contributed by atoms with Crippen molar-refractivity contribution in [3.63, 3.8) is 0 Å². The average Bonchev–Trinajstić information content (AvgIpc) is 2.40. The van der Waals surface area contributed by atoms with Crippen LogP contribution < -0.4 is 4.74 Å². The van der Waals surface area contributed by atoms with Crippen LogP contribution in [0.1, 0.15) is 23.7 Å². The summed E-state index contributed by atoms with van der Waals surface area (Å²) in [5.41, 5.74) is 2.15. The number of hydrogen-bond acceptors (Lipinski definition) is 2. The minimum absolute atomic E-state index is 0.0531. The van der Waals surface area contributed by atoms with Gasteiger partial charge in [0.25, 0.3) is 0 Å². The summed E-state index contributed by atoms with van der Waals surface area (Å²) in [5, 5.41) is 10.1. The van der Waals surface area contributed by atoms with Crippen LogP contribution in [0.4, 0.5) is 0 Å². The van der Waals surface area contributed by atoms with Crippen LogP contribution in [-0.4, -0.2) is 11.2 Å². The Hall–Kier alpha value is -1.80. The third-order valence-corrected chi connectivity index (χ3v) is 3.36. The van der Waals surface area contributed by atoms with Crippen molar-refractivity contribution in [2.75, 3.05) is 0 Å². The second kappa shape index (κ2) is 4.83. The van der Waals surface area contributed by atoms with E-state index in [4.69, 9.17) is 4.74 Å². The Morgan fingerprint density at radius 2 is 1.72 bits per heavy atom. The third kappa shape index (κ3) is 2.24. The SMILES string of the molecule is O[C@H]1CC(Cc2ccccc2)Oc2ccccc21. The van der Waals surface area contributed by atoms with Gasteiger partial charge < -0.3 is 9.84 Å². The first-order valence-electron chi connectivity index (χ1n) is 6.30. The minimum atomic E-state index is -0.413. The first-order chi connectivity index (χ1) is 8.83. The fourth-order valence-electron chi connectivity index (χ4n) is 2.47. The first kappa shape index (κ1) is 11.3. The van der Waals surface area contributed by atoms with Crippen LogP contribution in [0, 0.1) is 0 Å². The van der Waals surface area contributed by atoms with Crippen molar-refractivity contribution >= 4 is 0 Å². The van der Waals surface area contributed by atoms with Gasteiger partial charge in [0.1, 0.15) is 11.9 Å². The van der Waals surface area contributed by atoms with E-state index >= 15 is 0 Å². The molecule has 0 bridgehead atoms. The standard InChI is InChI=1S/C16H16O2/c17-15-11-13(10-12-6-2-1-3-7-12)18-16-9-5-4-8-14(15)16/h1-9,13,15,17H,10-11H2/t13?,15-/m0/s1. The summed E-state index contributed by atoms with van der Waals surface area (Å²) < 4.78 is 5.95. The normalized spacial score (nSPS) is 22.1. The van der Waals surface area contributed by atoms with Gasteiger partial charge in [-0.1, -0.05) is 48.5 Å². The van der Waals surface area contributed by atoms with Crippen molar-refractivity contribution < 1.29 is 9.84 Å². The van der Waals surface area contributed by atoms with E-state index in [2.05, 4.69) is 12.1 Å². The van der Waals surface area contributed by atoms with Gasteiger partial charge in [-0.15, -0.1) is 0 Å². The zero-order chi connectivity index (χ0) is 12.4. The lowest BCUT2D eigenvalue weighted by molar-refractivity contribution is 0.0663. The summed E-state index contributed by atoms with van der Waals surface area (Å²) in [5.74, 6) is 0.817. The summed E-state index contributed by atoms with van der Waals surface area (Å²) in [7, 11) is 0. The fourth-order valence-corrected chi connectivity index (χ4v) is 2.47. The van der Waals surface area contributed by atoms with Gasteiger partial charge in [0.2, 0.25) is 0 Å². The van der Waals surface area contributed by atoms with Crippen molar-refractivity contribution in [1.29, 1.82) is 0 Å². The van der Waals surface area contributed by atoms with Crippen molar-refractivity contribution in [3.8, 4) is 5.75 Å². The molecule has 2 atom stereocenters. The van der Waals surface area contributed by atoms with Crippen LogP contribution in [0.3, 0.4) is 0 Å². The third-order valence-electron chi connectivity index (χ3n) is 3.36. The Labute approximate surface area is 107 Å². The highest BCUT2D eigenvalue weighted by Crippen LogP contribution is 2.35. The molecule has 0 radical (unpaired) electrons. The minimum Gasteiger partial charge on any atom is -0.490 e. The molecule has 1 aliphatic rings. The number of hydrogen-bond donors (Lipinski definition) is 1. The molecule has 1 N–H and O–H groups in total. The number of aliphatic hydroxyl groups is 1. The summed E-state index contributed by atoms with van der Waals surface area (Å²) in [6.45, 7) is 0. The molecule has 0 saturated heterocycles. The summed E-state index contributed by atoms with van der Waals surface area (Å²) in [4.78, 5) is 0. The maximum absolute atomic E-state index is 10.1. The fraction of sp³-hybridized carbons (Fsp3) is 0.250. The maximum atomic E-state index is 10.1. The number of fused-ring (bicyclic) bond motifs is 1. The predicted octanol–water partition coefficient (Wildman–Crippen LogP) is 3.11. The Morgan fingerprint density at radius 1 is 1.00 bits per heavy atom. The average molecular weight is 240 g/mol. The molecule has 1 unspecified atom stereocenters. The van der Waals surface area contributed by atoms with E-state index < -0.39 is 6.10 Å². The molecule has 2 aromatic carbocycles. The monoisotopic (exact) mass is 240 g/mol. The predicted molar refractivity (Wildman–Crippen MR) is 70.6 cm³/mol. The molecular formula is C16H16O2. The van der Waals surface area contributed by atoms with Crippen LogP contribution in [-0.2, 0) is 6.42 Å². The van der Waals surface area contributed by atoms with Gasteiger partial charge in [-0.05, 0) is 11.6 Å². The first-order valence-corrected chi connectivity index (χ1v) is 6.30. The van der Waals surface area contributed by atoms with E-state index in [-0.39, 0.29) is 6.10 Å². The van der Waals surface area contributed by atoms with E-state index in [0.29, 0.717) is 6.42 Å². The number of ether oxygens (including phenoxy) is 1. The molecule has 2 heteroatoms. The molecule has 2 aromatic rings. The van der Waals surface area contributed by atoms with Crippen molar-refractivity contribution in [2.24, 2.45) is 0 Å². The van der Waals surface area contributed by atoms with Gasteiger partial charge in [0, 0.05) is 18.4 Å². The highest BCUT2D eigenvalue weighted by atomic mass is 16.5. The van der Waals surface area contributed by atoms with Crippen LogP contribution in [0.2, 0.25) is 0 Å². The molecule has 0 aromatic heterocycles. The summed E-state index contributed by atoms with van der Waals surface area (Å²) in [6.07, 6.45) is 1.14. The molecule has 0 fully saturated rings. The highest BCUT2D eigenvalue weighted by molar-refractivity contribution is 5.37. The molecule has 0 spiro atoms. The Balaban J connectivity index is 1.78. The largest absolute Gasteiger partial charge is 0.490 e.